The van der Waals surface area contributed by atoms with Crippen molar-refractivity contribution in [3.63, 3.8) is 0 Å². The van der Waals surface area contributed by atoms with Gasteiger partial charge in [0.05, 0.1) is 0 Å². The summed E-state index contributed by atoms with van der Waals surface area (Å²) in [6.07, 6.45) is 1.82. The van der Waals surface area contributed by atoms with E-state index in [1.165, 1.54) is 0 Å². The Morgan fingerprint density at radius 1 is 1.42 bits per heavy atom. The smallest absolute Gasteiger partial charge is 0.258 e. The van der Waals surface area contributed by atoms with E-state index >= 15 is 0 Å². The first-order chi connectivity index (χ1) is 9.12. The summed E-state index contributed by atoms with van der Waals surface area (Å²) in [6.45, 7) is 4.34. The minimum absolute atomic E-state index is 0.0240. The van der Waals surface area contributed by atoms with Crippen LogP contribution >= 0.6 is 11.6 Å². The van der Waals surface area contributed by atoms with Crippen molar-refractivity contribution in [3.05, 3.63) is 28.8 Å². The zero-order valence-electron chi connectivity index (χ0n) is 11.4. The van der Waals surface area contributed by atoms with Crippen LogP contribution in [0.4, 0.5) is 0 Å². The van der Waals surface area contributed by atoms with Crippen LogP contribution in [0, 0.1) is 0 Å². The van der Waals surface area contributed by atoms with E-state index in [0.717, 1.165) is 18.4 Å². The van der Waals surface area contributed by atoms with Gasteiger partial charge in [0.2, 0.25) is 0 Å². The van der Waals surface area contributed by atoms with Gasteiger partial charge in [-0.15, -0.1) is 0 Å². The SMILES string of the molecule is CCC(CC)NC(=O)COc1cccc(Cl)c1CN. The van der Waals surface area contributed by atoms with Gasteiger partial charge in [-0.05, 0) is 25.0 Å². The maximum atomic E-state index is 11.7. The molecule has 0 atom stereocenters. The second kappa shape index (κ2) is 8.02. The summed E-state index contributed by atoms with van der Waals surface area (Å²) in [5.41, 5.74) is 6.34. The topological polar surface area (TPSA) is 64.3 Å². The minimum atomic E-state index is -0.128. The lowest BCUT2D eigenvalue weighted by molar-refractivity contribution is -0.123. The van der Waals surface area contributed by atoms with Crippen LogP contribution in [0.5, 0.6) is 5.75 Å². The van der Waals surface area contributed by atoms with Crippen LogP contribution < -0.4 is 15.8 Å². The van der Waals surface area contributed by atoms with E-state index in [1.54, 1.807) is 18.2 Å². The second-order valence-electron chi connectivity index (χ2n) is 4.29. The number of halogens is 1. The molecule has 5 heteroatoms. The monoisotopic (exact) mass is 284 g/mol. The van der Waals surface area contributed by atoms with Gasteiger partial charge in [0, 0.05) is 23.2 Å². The summed E-state index contributed by atoms with van der Waals surface area (Å²) in [6, 6.07) is 5.49. The molecule has 0 aromatic heterocycles. The molecule has 19 heavy (non-hydrogen) atoms. The van der Waals surface area contributed by atoms with Gasteiger partial charge in [0.1, 0.15) is 5.75 Å². The zero-order chi connectivity index (χ0) is 14.3. The highest BCUT2D eigenvalue weighted by Gasteiger charge is 2.11. The Labute approximate surface area is 119 Å². The van der Waals surface area contributed by atoms with Crippen molar-refractivity contribution in [2.75, 3.05) is 6.61 Å². The molecule has 0 aliphatic carbocycles. The van der Waals surface area contributed by atoms with Gasteiger partial charge in [-0.3, -0.25) is 4.79 Å². The molecule has 0 heterocycles. The van der Waals surface area contributed by atoms with Crippen molar-refractivity contribution < 1.29 is 9.53 Å². The summed E-state index contributed by atoms with van der Waals surface area (Å²) < 4.78 is 5.48. The molecule has 3 N–H and O–H groups in total. The number of rotatable bonds is 7. The van der Waals surface area contributed by atoms with Crippen molar-refractivity contribution in [1.29, 1.82) is 0 Å². The Hall–Kier alpha value is -1.26. The van der Waals surface area contributed by atoms with Crippen molar-refractivity contribution >= 4 is 17.5 Å². The summed E-state index contributed by atoms with van der Waals surface area (Å²) in [7, 11) is 0. The Bertz CT molecular complexity index is 420. The molecule has 4 nitrogen and oxygen atoms in total. The van der Waals surface area contributed by atoms with Crippen LogP contribution in [0.2, 0.25) is 5.02 Å². The quantitative estimate of drug-likeness (QED) is 0.808. The molecule has 0 aliphatic heterocycles. The number of hydrogen-bond acceptors (Lipinski definition) is 3. The van der Waals surface area contributed by atoms with Crippen LogP contribution in [0.1, 0.15) is 32.3 Å². The van der Waals surface area contributed by atoms with Crippen LogP contribution in [-0.4, -0.2) is 18.6 Å². The molecular weight excluding hydrogens is 264 g/mol. The van der Waals surface area contributed by atoms with E-state index in [4.69, 9.17) is 22.1 Å². The highest BCUT2D eigenvalue weighted by Crippen LogP contribution is 2.25. The van der Waals surface area contributed by atoms with E-state index in [1.807, 2.05) is 13.8 Å². The number of hydrogen-bond donors (Lipinski definition) is 2. The molecule has 0 bridgehead atoms. The van der Waals surface area contributed by atoms with Crippen molar-refractivity contribution in [3.8, 4) is 5.75 Å². The van der Waals surface area contributed by atoms with Gasteiger partial charge in [-0.2, -0.15) is 0 Å². The van der Waals surface area contributed by atoms with Crippen LogP contribution in [0.25, 0.3) is 0 Å². The minimum Gasteiger partial charge on any atom is -0.483 e. The second-order valence-corrected chi connectivity index (χ2v) is 4.70. The van der Waals surface area contributed by atoms with E-state index in [0.29, 0.717) is 10.8 Å². The van der Waals surface area contributed by atoms with Gasteiger partial charge in [0.25, 0.3) is 5.91 Å². The molecular formula is C14H21ClN2O2. The van der Waals surface area contributed by atoms with Crippen molar-refractivity contribution in [2.45, 2.75) is 39.3 Å². The number of nitrogens with one attached hydrogen (secondary N) is 1. The average Bonchev–Trinajstić information content (AvgIpc) is 2.42. The lowest BCUT2D eigenvalue weighted by Crippen LogP contribution is -2.37. The number of benzene rings is 1. The van der Waals surface area contributed by atoms with Gasteiger partial charge < -0.3 is 15.8 Å². The highest BCUT2D eigenvalue weighted by atomic mass is 35.5. The first-order valence-corrected chi connectivity index (χ1v) is 6.89. The highest BCUT2D eigenvalue weighted by molar-refractivity contribution is 6.31. The van der Waals surface area contributed by atoms with Crippen molar-refractivity contribution in [1.82, 2.24) is 5.32 Å². The molecule has 0 spiro atoms. The summed E-state index contributed by atoms with van der Waals surface area (Å²) in [4.78, 5) is 11.7. The normalized spacial score (nSPS) is 10.6. The molecule has 0 radical (unpaired) electrons. The predicted octanol–water partition coefficient (Wildman–Crippen LogP) is 2.48. The summed E-state index contributed by atoms with van der Waals surface area (Å²) in [5, 5.41) is 3.47. The van der Waals surface area contributed by atoms with Crippen LogP contribution in [0.15, 0.2) is 18.2 Å². The Morgan fingerprint density at radius 3 is 2.68 bits per heavy atom. The van der Waals surface area contributed by atoms with Gasteiger partial charge in [-0.1, -0.05) is 31.5 Å². The predicted molar refractivity (Wildman–Crippen MR) is 77.4 cm³/mol. The fourth-order valence-corrected chi connectivity index (χ4v) is 2.02. The van der Waals surface area contributed by atoms with E-state index in [-0.39, 0.29) is 25.1 Å². The van der Waals surface area contributed by atoms with Gasteiger partial charge in [-0.25, -0.2) is 0 Å². The molecule has 0 fully saturated rings. The molecule has 0 saturated heterocycles. The fraction of sp³-hybridized carbons (Fsp3) is 0.500. The van der Waals surface area contributed by atoms with Gasteiger partial charge in [0.15, 0.2) is 6.61 Å². The number of ether oxygens (including phenoxy) is 1. The third-order valence-corrected chi connectivity index (χ3v) is 3.34. The lowest BCUT2D eigenvalue weighted by atomic mass is 10.2. The van der Waals surface area contributed by atoms with E-state index in [2.05, 4.69) is 5.32 Å². The summed E-state index contributed by atoms with van der Waals surface area (Å²) in [5.74, 6) is 0.436. The van der Waals surface area contributed by atoms with Crippen molar-refractivity contribution in [2.24, 2.45) is 5.73 Å². The van der Waals surface area contributed by atoms with Crippen LogP contribution in [0.3, 0.4) is 0 Å². The summed E-state index contributed by atoms with van der Waals surface area (Å²) >= 11 is 6.01. The zero-order valence-corrected chi connectivity index (χ0v) is 12.2. The van der Waals surface area contributed by atoms with E-state index < -0.39 is 0 Å². The Morgan fingerprint density at radius 2 is 2.11 bits per heavy atom. The number of amides is 1. The lowest BCUT2D eigenvalue weighted by Gasteiger charge is -2.16. The first-order valence-electron chi connectivity index (χ1n) is 6.51. The fourth-order valence-electron chi connectivity index (χ4n) is 1.78. The average molecular weight is 285 g/mol. The number of nitrogens with two attached hydrogens (primary N) is 1. The molecule has 1 aromatic carbocycles. The molecule has 1 rings (SSSR count). The maximum Gasteiger partial charge on any atom is 0.258 e. The van der Waals surface area contributed by atoms with E-state index in [9.17, 15) is 4.79 Å². The number of carbonyl (C=O) groups is 1. The van der Waals surface area contributed by atoms with Crippen LogP contribution in [-0.2, 0) is 11.3 Å². The third-order valence-electron chi connectivity index (χ3n) is 2.99. The molecule has 0 unspecified atom stereocenters. The molecule has 0 aliphatic rings. The number of carbonyl (C=O) groups excluding carboxylic acids is 1. The Kier molecular flexibility index (Phi) is 6.67. The Balaban J connectivity index is 2.57. The first kappa shape index (κ1) is 15.8. The van der Waals surface area contributed by atoms with Gasteiger partial charge >= 0.3 is 0 Å². The molecule has 1 aromatic rings. The molecule has 1 amide bonds. The largest absolute Gasteiger partial charge is 0.483 e. The molecule has 0 saturated carbocycles. The molecule has 106 valence electrons. The maximum absolute atomic E-state index is 11.7. The third kappa shape index (κ3) is 4.73. The standard InChI is InChI=1S/C14H21ClN2O2/c1-3-10(4-2)17-14(18)9-19-13-7-5-6-12(15)11(13)8-16/h5-7,10H,3-4,8-9,16H2,1-2H3,(H,17,18).